The molecule has 0 heterocycles. The summed E-state index contributed by atoms with van der Waals surface area (Å²) in [5.41, 5.74) is 1.47. The Morgan fingerprint density at radius 1 is 1.33 bits per heavy atom. The van der Waals surface area contributed by atoms with Gasteiger partial charge in [-0.1, -0.05) is 34.1 Å². The summed E-state index contributed by atoms with van der Waals surface area (Å²) in [4.78, 5) is 0. The quantitative estimate of drug-likeness (QED) is 0.860. The highest BCUT2D eigenvalue weighted by atomic mass is 79.9. The average Bonchev–Trinajstić information content (AvgIpc) is 3.02. The summed E-state index contributed by atoms with van der Waals surface area (Å²) >= 11 is 3.52. The maximum atomic E-state index is 9.16. The van der Waals surface area contributed by atoms with Crippen molar-refractivity contribution < 1.29 is 5.11 Å². The molecule has 1 saturated carbocycles. The summed E-state index contributed by atoms with van der Waals surface area (Å²) in [5, 5.41) is 12.6. The molecule has 1 aromatic carbocycles. The second kappa shape index (κ2) is 4.64. The molecule has 0 aliphatic heterocycles. The van der Waals surface area contributed by atoms with Crippen LogP contribution in [0.15, 0.2) is 28.7 Å². The van der Waals surface area contributed by atoms with Gasteiger partial charge in [-0.05, 0) is 24.5 Å². The maximum Gasteiger partial charge on any atom is 0.0499 e. The molecule has 1 aliphatic rings. The van der Waals surface area contributed by atoms with Crippen LogP contribution in [0.5, 0.6) is 0 Å². The van der Waals surface area contributed by atoms with Crippen LogP contribution in [0.4, 0.5) is 0 Å². The first kappa shape index (κ1) is 11.1. The predicted octanol–water partition coefficient (Wildman–Crippen LogP) is 2.31. The van der Waals surface area contributed by atoms with Crippen LogP contribution >= 0.6 is 15.9 Å². The van der Waals surface area contributed by atoms with Gasteiger partial charge in [-0.3, -0.25) is 0 Å². The van der Waals surface area contributed by atoms with Gasteiger partial charge in [0.15, 0.2) is 0 Å². The molecule has 2 N–H and O–H groups in total. The van der Waals surface area contributed by atoms with Crippen LogP contribution < -0.4 is 5.32 Å². The molecular weight excluding hydrogens is 254 g/mol. The van der Waals surface area contributed by atoms with E-state index >= 15 is 0 Å². The fraction of sp³-hybridized carbons (Fsp3) is 0.500. The third kappa shape index (κ3) is 2.80. The van der Waals surface area contributed by atoms with Gasteiger partial charge in [0, 0.05) is 29.6 Å². The van der Waals surface area contributed by atoms with Gasteiger partial charge < -0.3 is 10.4 Å². The van der Waals surface area contributed by atoms with Crippen molar-refractivity contribution in [1.82, 2.24) is 5.32 Å². The van der Waals surface area contributed by atoms with Crippen molar-refractivity contribution >= 4 is 15.9 Å². The molecule has 0 spiro atoms. The minimum Gasteiger partial charge on any atom is -0.396 e. The number of hydrogen-bond donors (Lipinski definition) is 2. The van der Waals surface area contributed by atoms with Gasteiger partial charge in [-0.25, -0.2) is 0 Å². The molecule has 3 heteroatoms. The van der Waals surface area contributed by atoms with Crippen molar-refractivity contribution in [3.63, 3.8) is 0 Å². The SMILES string of the molecule is OCC1(CNCc2ccccc2Br)CC1. The molecule has 2 nitrogen and oxygen atoms in total. The van der Waals surface area contributed by atoms with Crippen molar-refractivity contribution in [3.8, 4) is 0 Å². The number of benzene rings is 1. The topological polar surface area (TPSA) is 32.3 Å². The number of aliphatic hydroxyl groups is 1. The Hall–Kier alpha value is -0.380. The fourth-order valence-electron chi connectivity index (χ4n) is 1.67. The summed E-state index contributed by atoms with van der Waals surface area (Å²) < 4.78 is 1.14. The fourth-order valence-corrected chi connectivity index (χ4v) is 2.10. The largest absolute Gasteiger partial charge is 0.396 e. The normalized spacial score (nSPS) is 17.7. The van der Waals surface area contributed by atoms with E-state index in [9.17, 15) is 0 Å². The molecule has 0 aromatic heterocycles. The van der Waals surface area contributed by atoms with Gasteiger partial charge in [0.05, 0.1) is 0 Å². The summed E-state index contributed by atoms with van der Waals surface area (Å²) in [6.45, 7) is 2.10. The van der Waals surface area contributed by atoms with Gasteiger partial charge in [0.1, 0.15) is 0 Å². The summed E-state index contributed by atoms with van der Waals surface area (Å²) in [6.07, 6.45) is 2.32. The van der Waals surface area contributed by atoms with Crippen LogP contribution in [0.2, 0.25) is 0 Å². The number of nitrogens with one attached hydrogen (secondary N) is 1. The van der Waals surface area contributed by atoms with Crippen molar-refractivity contribution in [1.29, 1.82) is 0 Å². The Morgan fingerprint density at radius 3 is 2.67 bits per heavy atom. The first-order valence-electron chi connectivity index (χ1n) is 5.31. The Kier molecular flexibility index (Phi) is 3.44. The lowest BCUT2D eigenvalue weighted by Crippen LogP contribution is -2.26. The van der Waals surface area contributed by atoms with Crippen LogP contribution in [0.3, 0.4) is 0 Å². The Balaban J connectivity index is 1.81. The monoisotopic (exact) mass is 269 g/mol. The van der Waals surface area contributed by atoms with Crippen molar-refractivity contribution in [2.45, 2.75) is 19.4 Å². The molecular formula is C12H16BrNO. The van der Waals surface area contributed by atoms with Gasteiger partial charge in [-0.15, -0.1) is 0 Å². The van der Waals surface area contributed by atoms with E-state index in [-0.39, 0.29) is 5.41 Å². The molecule has 0 unspecified atom stereocenters. The highest BCUT2D eigenvalue weighted by Crippen LogP contribution is 2.44. The predicted molar refractivity (Wildman–Crippen MR) is 64.6 cm³/mol. The summed E-state index contributed by atoms with van der Waals surface area (Å²) in [6, 6.07) is 8.22. The van der Waals surface area contributed by atoms with Crippen LogP contribution in [-0.4, -0.2) is 18.3 Å². The van der Waals surface area contributed by atoms with Gasteiger partial charge in [0.2, 0.25) is 0 Å². The number of aliphatic hydroxyl groups excluding tert-OH is 1. The van der Waals surface area contributed by atoms with Crippen LogP contribution in [0, 0.1) is 5.41 Å². The number of rotatable bonds is 5. The van der Waals surface area contributed by atoms with E-state index in [1.54, 1.807) is 0 Å². The van der Waals surface area contributed by atoms with E-state index in [0.29, 0.717) is 6.61 Å². The van der Waals surface area contributed by atoms with E-state index in [4.69, 9.17) is 5.11 Å². The Morgan fingerprint density at radius 2 is 2.07 bits per heavy atom. The number of halogens is 1. The minimum absolute atomic E-state index is 0.196. The second-order valence-electron chi connectivity index (χ2n) is 4.35. The number of hydrogen-bond acceptors (Lipinski definition) is 2. The standard InChI is InChI=1S/C12H16BrNO/c13-11-4-2-1-3-10(11)7-14-8-12(9-15)5-6-12/h1-4,14-15H,5-9H2. The summed E-state index contributed by atoms with van der Waals surface area (Å²) in [5.74, 6) is 0. The first-order valence-corrected chi connectivity index (χ1v) is 6.10. The van der Waals surface area contributed by atoms with Crippen LogP contribution in [0.1, 0.15) is 18.4 Å². The molecule has 2 rings (SSSR count). The molecule has 1 aliphatic carbocycles. The van der Waals surface area contributed by atoms with E-state index in [2.05, 4.69) is 33.4 Å². The highest BCUT2D eigenvalue weighted by Gasteiger charge is 2.41. The van der Waals surface area contributed by atoms with E-state index < -0.39 is 0 Å². The van der Waals surface area contributed by atoms with Crippen molar-refractivity contribution in [3.05, 3.63) is 34.3 Å². The third-order valence-electron chi connectivity index (χ3n) is 3.07. The molecule has 82 valence electrons. The summed E-state index contributed by atoms with van der Waals surface area (Å²) in [7, 11) is 0. The van der Waals surface area contributed by atoms with Crippen LogP contribution in [0.25, 0.3) is 0 Å². The first-order chi connectivity index (χ1) is 7.26. The Bertz CT molecular complexity index is 336. The zero-order chi connectivity index (χ0) is 10.7. The van der Waals surface area contributed by atoms with Gasteiger partial charge >= 0.3 is 0 Å². The molecule has 0 amide bonds. The van der Waals surface area contributed by atoms with E-state index in [1.807, 2.05) is 12.1 Å². The molecule has 0 radical (unpaired) electrons. The lowest BCUT2D eigenvalue weighted by atomic mass is 10.1. The zero-order valence-electron chi connectivity index (χ0n) is 8.67. The smallest absolute Gasteiger partial charge is 0.0499 e. The molecule has 1 aromatic rings. The highest BCUT2D eigenvalue weighted by molar-refractivity contribution is 9.10. The molecule has 15 heavy (non-hydrogen) atoms. The molecule has 0 saturated heterocycles. The lowest BCUT2D eigenvalue weighted by Gasteiger charge is -2.13. The third-order valence-corrected chi connectivity index (χ3v) is 3.84. The lowest BCUT2D eigenvalue weighted by molar-refractivity contribution is 0.207. The zero-order valence-corrected chi connectivity index (χ0v) is 10.3. The van der Waals surface area contributed by atoms with Gasteiger partial charge in [0.25, 0.3) is 0 Å². The van der Waals surface area contributed by atoms with E-state index in [0.717, 1.165) is 30.4 Å². The Labute approximate surface area is 98.8 Å². The minimum atomic E-state index is 0.196. The molecule has 0 bridgehead atoms. The second-order valence-corrected chi connectivity index (χ2v) is 5.21. The van der Waals surface area contributed by atoms with E-state index in [1.165, 1.54) is 5.56 Å². The van der Waals surface area contributed by atoms with Crippen LogP contribution in [-0.2, 0) is 6.54 Å². The van der Waals surface area contributed by atoms with Crippen molar-refractivity contribution in [2.75, 3.05) is 13.2 Å². The molecule has 0 atom stereocenters. The maximum absolute atomic E-state index is 9.16. The average molecular weight is 270 g/mol. The molecule has 1 fully saturated rings. The van der Waals surface area contributed by atoms with Gasteiger partial charge in [-0.2, -0.15) is 0 Å². The van der Waals surface area contributed by atoms with Crippen molar-refractivity contribution in [2.24, 2.45) is 5.41 Å².